The number of halogens is 1. The zero-order chi connectivity index (χ0) is 8.32. The highest BCUT2D eigenvalue weighted by molar-refractivity contribution is 6.21. The maximum absolute atomic E-state index is 8.84. The third kappa shape index (κ3) is 2.09. The Morgan fingerprint density at radius 1 is 1.55 bits per heavy atom. The smallest absolute Gasteiger partial charge is 0.0436 e. The number of aliphatic hydroxyl groups excluding tert-OH is 1. The van der Waals surface area contributed by atoms with Gasteiger partial charge in [0.1, 0.15) is 0 Å². The van der Waals surface area contributed by atoms with Crippen molar-refractivity contribution in [3.63, 3.8) is 0 Å². The Hall–Kier alpha value is 0.250. The summed E-state index contributed by atoms with van der Waals surface area (Å²) in [6.07, 6.45) is 5.70. The summed E-state index contributed by atoms with van der Waals surface area (Å²) in [7, 11) is 0. The van der Waals surface area contributed by atoms with E-state index in [0.29, 0.717) is 0 Å². The van der Waals surface area contributed by atoms with Gasteiger partial charge in [0.25, 0.3) is 0 Å². The molecule has 11 heavy (non-hydrogen) atoms. The van der Waals surface area contributed by atoms with Crippen LogP contribution in [0.2, 0.25) is 0 Å². The fraction of sp³-hybridized carbons (Fsp3) is 1.00. The van der Waals surface area contributed by atoms with Gasteiger partial charge in [0.05, 0.1) is 0 Å². The van der Waals surface area contributed by atoms with E-state index in [-0.39, 0.29) is 17.4 Å². The van der Waals surface area contributed by atoms with Gasteiger partial charge in [-0.25, -0.2) is 0 Å². The van der Waals surface area contributed by atoms with E-state index in [1.165, 1.54) is 19.3 Å². The number of rotatable bonds is 2. The Labute approximate surface area is 73.8 Å². The average Bonchev–Trinajstić information content (AvgIpc) is 1.96. The predicted molar refractivity (Wildman–Crippen MR) is 47.9 cm³/mol. The van der Waals surface area contributed by atoms with Crippen LogP contribution in [0.15, 0.2) is 0 Å². The zero-order valence-electron chi connectivity index (χ0n) is 7.15. The van der Waals surface area contributed by atoms with Crippen LogP contribution in [0.1, 0.15) is 39.0 Å². The first-order valence-electron chi connectivity index (χ1n) is 4.44. The van der Waals surface area contributed by atoms with E-state index in [2.05, 4.69) is 6.92 Å². The van der Waals surface area contributed by atoms with Gasteiger partial charge in [-0.15, -0.1) is 11.6 Å². The lowest BCUT2D eigenvalue weighted by molar-refractivity contribution is 0.153. The molecule has 0 heterocycles. The van der Waals surface area contributed by atoms with Gasteiger partial charge in [-0.05, 0) is 24.7 Å². The van der Waals surface area contributed by atoms with E-state index in [1.54, 1.807) is 0 Å². The summed E-state index contributed by atoms with van der Waals surface area (Å²) in [5.41, 5.74) is 0.203. The van der Waals surface area contributed by atoms with Crippen LogP contribution < -0.4 is 0 Å². The molecule has 0 amide bonds. The molecule has 1 aliphatic carbocycles. The predicted octanol–water partition coefficient (Wildman–Crippen LogP) is 2.56. The fourth-order valence-corrected chi connectivity index (χ4v) is 2.27. The zero-order valence-corrected chi connectivity index (χ0v) is 7.90. The summed E-state index contributed by atoms with van der Waals surface area (Å²) in [5.74, 6) is 0. The van der Waals surface area contributed by atoms with Crippen molar-refractivity contribution in [3.8, 4) is 0 Å². The van der Waals surface area contributed by atoms with Crippen molar-refractivity contribution in [2.24, 2.45) is 5.41 Å². The molecule has 1 rings (SSSR count). The molecule has 1 aliphatic rings. The van der Waals surface area contributed by atoms with E-state index < -0.39 is 0 Å². The maximum Gasteiger partial charge on any atom is 0.0436 e. The van der Waals surface area contributed by atoms with Gasteiger partial charge in [0.2, 0.25) is 0 Å². The molecule has 1 saturated carbocycles. The van der Waals surface area contributed by atoms with E-state index in [1.807, 2.05) is 0 Å². The van der Waals surface area contributed by atoms with Crippen LogP contribution >= 0.6 is 11.6 Å². The Morgan fingerprint density at radius 3 is 2.82 bits per heavy atom. The molecule has 2 atom stereocenters. The van der Waals surface area contributed by atoms with Crippen molar-refractivity contribution in [1.82, 2.24) is 0 Å². The molecule has 1 N–H and O–H groups in total. The molecule has 0 unspecified atom stereocenters. The fourth-order valence-electron chi connectivity index (χ4n) is 1.89. The highest BCUT2D eigenvalue weighted by Crippen LogP contribution is 2.41. The molecule has 0 aromatic rings. The summed E-state index contributed by atoms with van der Waals surface area (Å²) in [5, 5.41) is 9.12. The molecule has 0 spiro atoms. The van der Waals surface area contributed by atoms with Crippen molar-refractivity contribution in [2.45, 2.75) is 44.4 Å². The summed E-state index contributed by atoms with van der Waals surface area (Å²) in [6.45, 7) is 2.47. The van der Waals surface area contributed by atoms with Crippen LogP contribution in [-0.4, -0.2) is 17.1 Å². The Bertz CT molecular complexity index is 123. The lowest BCUT2D eigenvalue weighted by atomic mass is 9.73. The normalized spacial score (nSPS) is 39.0. The first-order valence-corrected chi connectivity index (χ1v) is 4.87. The van der Waals surface area contributed by atoms with Crippen LogP contribution in [0.5, 0.6) is 0 Å². The van der Waals surface area contributed by atoms with Gasteiger partial charge in [0.15, 0.2) is 0 Å². The Balaban J connectivity index is 2.49. The molecule has 0 aromatic heterocycles. The van der Waals surface area contributed by atoms with Crippen molar-refractivity contribution < 1.29 is 5.11 Å². The highest BCUT2D eigenvalue weighted by atomic mass is 35.5. The van der Waals surface area contributed by atoms with Crippen LogP contribution in [0.4, 0.5) is 0 Å². The second kappa shape index (κ2) is 3.77. The third-order valence-electron chi connectivity index (χ3n) is 2.89. The lowest BCUT2D eigenvalue weighted by Crippen LogP contribution is -2.32. The highest BCUT2D eigenvalue weighted by Gasteiger charge is 2.34. The molecule has 0 aromatic carbocycles. The van der Waals surface area contributed by atoms with Crippen molar-refractivity contribution in [2.75, 3.05) is 6.61 Å². The van der Waals surface area contributed by atoms with Crippen LogP contribution in [0.3, 0.4) is 0 Å². The molecule has 1 fully saturated rings. The lowest BCUT2D eigenvalue weighted by Gasteiger charge is -2.37. The monoisotopic (exact) mass is 176 g/mol. The van der Waals surface area contributed by atoms with E-state index in [9.17, 15) is 0 Å². The number of alkyl halides is 1. The number of hydrogen-bond acceptors (Lipinski definition) is 1. The number of hydrogen-bond donors (Lipinski definition) is 1. The number of aliphatic hydroxyl groups is 1. The first-order chi connectivity index (χ1) is 5.19. The minimum atomic E-state index is 0.203. The molecule has 1 nitrogen and oxygen atoms in total. The minimum Gasteiger partial charge on any atom is -0.396 e. The van der Waals surface area contributed by atoms with Gasteiger partial charge >= 0.3 is 0 Å². The summed E-state index contributed by atoms with van der Waals surface area (Å²) >= 11 is 6.19. The van der Waals surface area contributed by atoms with Gasteiger partial charge in [0, 0.05) is 12.0 Å². The summed E-state index contributed by atoms with van der Waals surface area (Å²) in [4.78, 5) is 0. The second-order valence-electron chi connectivity index (χ2n) is 3.84. The molecule has 0 saturated heterocycles. The van der Waals surface area contributed by atoms with Crippen LogP contribution in [0.25, 0.3) is 0 Å². The topological polar surface area (TPSA) is 20.2 Å². The SMILES string of the molecule is C[C@]1(CCO)CCCC[C@@H]1Cl. The largest absolute Gasteiger partial charge is 0.396 e. The van der Waals surface area contributed by atoms with Gasteiger partial charge < -0.3 is 5.11 Å². The molecule has 2 heteroatoms. The van der Waals surface area contributed by atoms with E-state index in [4.69, 9.17) is 16.7 Å². The van der Waals surface area contributed by atoms with Crippen molar-refractivity contribution >= 4 is 11.6 Å². The Kier molecular flexibility index (Phi) is 3.20. The van der Waals surface area contributed by atoms with Crippen molar-refractivity contribution in [3.05, 3.63) is 0 Å². The molecule has 66 valence electrons. The minimum absolute atomic E-state index is 0.203. The second-order valence-corrected chi connectivity index (χ2v) is 4.37. The summed E-state index contributed by atoms with van der Waals surface area (Å²) < 4.78 is 0. The quantitative estimate of drug-likeness (QED) is 0.642. The molecular formula is C9H17ClO. The maximum atomic E-state index is 8.84. The third-order valence-corrected chi connectivity index (χ3v) is 3.64. The first kappa shape index (κ1) is 9.34. The van der Waals surface area contributed by atoms with E-state index >= 15 is 0 Å². The van der Waals surface area contributed by atoms with Gasteiger partial charge in [-0.1, -0.05) is 19.8 Å². The van der Waals surface area contributed by atoms with Crippen molar-refractivity contribution in [1.29, 1.82) is 0 Å². The molecule has 0 aliphatic heterocycles. The van der Waals surface area contributed by atoms with E-state index in [0.717, 1.165) is 12.8 Å². The average molecular weight is 177 g/mol. The standard InChI is InChI=1S/C9H17ClO/c1-9(6-7-11)5-3-2-4-8(9)10/h8,11H,2-7H2,1H3/t8-,9+/m0/s1. The van der Waals surface area contributed by atoms with Gasteiger partial charge in [-0.3, -0.25) is 0 Å². The molecular weight excluding hydrogens is 160 g/mol. The molecule has 0 bridgehead atoms. The van der Waals surface area contributed by atoms with Crippen LogP contribution in [-0.2, 0) is 0 Å². The Morgan fingerprint density at radius 2 is 2.27 bits per heavy atom. The van der Waals surface area contributed by atoms with Crippen LogP contribution in [0, 0.1) is 5.41 Å². The van der Waals surface area contributed by atoms with Gasteiger partial charge in [-0.2, -0.15) is 0 Å². The summed E-state index contributed by atoms with van der Waals surface area (Å²) in [6, 6.07) is 0. The molecule has 0 radical (unpaired) electrons.